The normalized spacial score (nSPS) is 11.1. The first-order chi connectivity index (χ1) is 9.24. The number of thiophene rings is 1. The van der Waals surface area contributed by atoms with Gasteiger partial charge in [0.2, 0.25) is 0 Å². The van der Waals surface area contributed by atoms with Crippen LogP contribution in [0.3, 0.4) is 0 Å². The number of aromatic amines is 1. The van der Waals surface area contributed by atoms with Crippen molar-refractivity contribution in [1.82, 2.24) is 20.4 Å². The Morgan fingerprint density at radius 2 is 2.11 bits per heavy atom. The quantitative estimate of drug-likeness (QED) is 0.801. The molecule has 0 saturated heterocycles. The molecule has 4 nitrogen and oxygen atoms in total. The van der Waals surface area contributed by atoms with Gasteiger partial charge in [-0.05, 0) is 37.3 Å². The highest BCUT2D eigenvalue weighted by molar-refractivity contribution is 7.20. The highest BCUT2D eigenvalue weighted by atomic mass is 32.1. The summed E-state index contributed by atoms with van der Waals surface area (Å²) in [6.07, 6.45) is 1.89. The summed E-state index contributed by atoms with van der Waals surface area (Å²) in [5.41, 5.74) is 3.54. The van der Waals surface area contributed by atoms with Crippen molar-refractivity contribution < 1.29 is 0 Å². The summed E-state index contributed by atoms with van der Waals surface area (Å²) < 4.78 is 0. The van der Waals surface area contributed by atoms with Crippen LogP contribution in [0.2, 0.25) is 0 Å². The molecule has 3 rings (SSSR count). The highest BCUT2D eigenvalue weighted by Crippen LogP contribution is 2.28. The predicted octanol–water partition coefficient (Wildman–Crippen LogP) is 3.39. The Morgan fingerprint density at radius 3 is 2.79 bits per heavy atom. The number of hydrogen-bond acceptors (Lipinski definition) is 5. The number of aryl methyl sites for hydroxylation is 3. The van der Waals surface area contributed by atoms with Gasteiger partial charge < -0.3 is 0 Å². The van der Waals surface area contributed by atoms with Crippen LogP contribution >= 0.6 is 22.7 Å². The van der Waals surface area contributed by atoms with Gasteiger partial charge in [0, 0.05) is 12.1 Å². The van der Waals surface area contributed by atoms with Crippen LogP contribution in [0.25, 0.3) is 9.88 Å². The van der Waals surface area contributed by atoms with E-state index in [0.29, 0.717) is 0 Å². The van der Waals surface area contributed by atoms with Crippen LogP contribution in [-0.2, 0) is 12.8 Å². The number of nitrogens with one attached hydrogen (secondary N) is 1. The van der Waals surface area contributed by atoms with Crippen molar-refractivity contribution in [3.05, 3.63) is 39.5 Å². The number of rotatable bonds is 4. The molecule has 0 radical (unpaired) electrons. The van der Waals surface area contributed by atoms with Crippen molar-refractivity contribution in [2.75, 3.05) is 0 Å². The molecule has 3 aromatic rings. The van der Waals surface area contributed by atoms with Gasteiger partial charge in [0.05, 0.1) is 10.6 Å². The van der Waals surface area contributed by atoms with Crippen LogP contribution in [0.4, 0.5) is 0 Å². The first-order valence-corrected chi connectivity index (χ1v) is 7.80. The summed E-state index contributed by atoms with van der Waals surface area (Å²) in [5, 5.41) is 19.9. The molecule has 0 bridgehead atoms. The first-order valence-electron chi connectivity index (χ1n) is 6.10. The molecule has 0 amide bonds. The number of H-pyrrole nitrogens is 1. The fourth-order valence-corrected chi connectivity index (χ4v) is 3.66. The van der Waals surface area contributed by atoms with E-state index in [1.807, 2.05) is 13.0 Å². The van der Waals surface area contributed by atoms with Crippen LogP contribution in [0.1, 0.15) is 22.0 Å². The van der Waals surface area contributed by atoms with Gasteiger partial charge in [-0.3, -0.25) is 5.10 Å². The van der Waals surface area contributed by atoms with E-state index in [-0.39, 0.29) is 0 Å². The molecule has 98 valence electrons. The summed E-state index contributed by atoms with van der Waals surface area (Å²) >= 11 is 3.38. The van der Waals surface area contributed by atoms with Crippen molar-refractivity contribution in [2.24, 2.45) is 0 Å². The molecule has 3 aromatic heterocycles. The maximum atomic E-state index is 4.28. The first kappa shape index (κ1) is 12.5. The van der Waals surface area contributed by atoms with Gasteiger partial charge in [-0.25, -0.2) is 0 Å². The molecule has 19 heavy (non-hydrogen) atoms. The van der Waals surface area contributed by atoms with Crippen molar-refractivity contribution in [3.63, 3.8) is 0 Å². The van der Waals surface area contributed by atoms with Gasteiger partial charge in [0.15, 0.2) is 5.01 Å². The van der Waals surface area contributed by atoms with Gasteiger partial charge in [-0.1, -0.05) is 17.4 Å². The third kappa shape index (κ3) is 2.59. The smallest absolute Gasteiger partial charge is 0.157 e. The van der Waals surface area contributed by atoms with Crippen LogP contribution in [0, 0.1) is 13.8 Å². The lowest BCUT2D eigenvalue weighted by atomic mass is 10.1. The lowest BCUT2D eigenvalue weighted by molar-refractivity contribution is 0.894. The minimum atomic E-state index is 0.921. The van der Waals surface area contributed by atoms with Crippen molar-refractivity contribution in [3.8, 4) is 9.88 Å². The van der Waals surface area contributed by atoms with Crippen molar-refractivity contribution in [1.29, 1.82) is 0 Å². The fraction of sp³-hybridized carbons (Fsp3) is 0.308. The molecule has 1 N–H and O–H groups in total. The molecule has 3 heterocycles. The van der Waals surface area contributed by atoms with E-state index in [1.54, 1.807) is 22.7 Å². The molecule has 0 saturated carbocycles. The van der Waals surface area contributed by atoms with E-state index >= 15 is 0 Å². The second kappa shape index (κ2) is 5.22. The molecule has 0 unspecified atom stereocenters. The van der Waals surface area contributed by atoms with E-state index in [4.69, 9.17) is 0 Å². The minimum absolute atomic E-state index is 0.921. The molecule has 0 aromatic carbocycles. The Hall–Kier alpha value is -1.53. The molecule has 0 aliphatic carbocycles. The number of nitrogens with zero attached hydrogens (tertiary/aromatic N) is 3. The number of aromatic nitrogens is 4. The molecule has 0 aliphatic heterocycles. The summed E-state index contributed by atoms with van der Waals surface area (Å²) in [6.45, 7) is 4.10. The zero-order valence-corrected chi connectivity index (χ0v) is 12.4. The Labute approximate surface area is 119 Å². The molecule has 0 aliphatic rings. The molecule has 0 atom stereocenters. The summed E-state index contributed by atoms with van der Waals surface area (Å²) in [6, 6.07) is 4.12. The molecule has 0 fully saturated rings. The van der Waals surface area contributed by atoms with E-state index in [2.05, 4.69) is 38.8 Å². The topological polar surface area (TPSA) is 54.5 Å². The molecular formula is C13H14N4S2. The Bertz CT molecular complexity index is 647. The summed E-state index contributed by atoms with van der Waals surface area (Å²) in [7, 11) is 0. The Morgan fingerprint density at radius 1 is 1.21 bits per heavy atom. The fourth-order valence-electron chi connectivity index (χ4n) is 2.03. The maximum absolute atomic E-state index is 4.28. The average molecular weight is 290 g/mol. The van der Waals surface area contributed by atoms with Gasteiger partial charge in [-0.15, -0.1) is 21.5 Å². The Balaban J connectivity index is 1.71. The van der Waals surface area contributed by atoms with Crippen LogP contribution < -0.4 is 0 Å². The minimum Gasteiger partial charge on any atom is -0.282 e. The number of hydrogen-bond donors (Lipinski definition) is 1. The van der Waals surface area contributed by atoms with Crippen LogP contribution in [0.5, 0.6) is 0 Å². The van der Waals surface area contributed by atoms with Gasteiger partial charge >= 0.3 is 0 Å². The average Bonchev–Trinajstić information content (AvgIpc) is 3.10. The second-order valence-corrected chi connectivity index (χ2v) is 6.40. The lowest BCUT2D eigenvalue weighted by Gasteiger charge is -1.97. The van der Waals surface area contributed by atoms with Crippen molar-refractivity contribution >= 4 is 22.7 Å². The standard InChI is InChI=1S/C13H14N4S2/c1-8-10(9(2)15-14-8)5-6-12-16-17-13(19-12)11-4-3-7-18-11/h3-4,7H,5-6H2,1-2H3,(H,14,15). The van der Waals surface area contributed by atoms with E-state index in [0.717, 1.165) is 34.2 Å². The lowest BCUT2D eigenvalue weighted by Crippen LogP contribution is -1.93. The monoisotopic (exact) mass is 290 g/mol. The van der Waals surface area contributed by atoms with Crippen molar-refractivity contribution in [2.45, 2.75) is 26.7 Å². The van der Waals surface area contributed by atoms with E-state index < -0.39 is 0 Å². The SMILES string of the molecule is Cc1n[nH]c(C)c1CCc1nnc(-c2cccs2)s1. The zero-order valence-electron chi connectivity index (χ0n) is 10.8. The highest BCUT2D eigenvalue weighted by Gasteiger charge is 2.10. The summed E-state index contributed by atoms with van der Waals surface area (Å²) in [5.74, 6) is 0. The third-order valence-electron chi connectivity index (χ3n) is 3.07. The molecule has 0 spiro atoms. The van der Waals surface area contributed by atoms with Gasteiger partial charge in [0.25, 0.3) is 0 Å². The third-order valence-corrected chi connectivity index (χ3v) is 5.09. The largest absolute Gasteiger partial charge is 0.282 e. The van der Waals surface area contributed by atoms with Crippen LogP contribution in [0.15, 0.2) is 17.5 Å². The predicted molar refractivity (Wildman–Crippen MR) is 78.7 cm³/mol. The summed E-state index contributed by atoms with van der Waals surface area (Å²) in [4.78, 5) is 1.19. The Kier molecular flexibility index (Phi) is 3.44. The van der Waals surface area contributed by atoms with E-state index in [9.17, 15) is 0 Å². The maximum Gasteiger partial charge on any atom is 0.157 e. The second-order valence-electron chi connectivity index (χ2n) is 4.39. The van der Waals surface area contributed by atoms with Gasteiger partial charge in [-0.2, -0.15) is 5.10 Å². The molecular weight excluding hydrogens is 276 g/mol. The van der Waals surface area contributed by atoms with Gasteiger partial charge in [0.1, 0.15) is 5.01 Å². The zero-order chi connectivity index (χ0) is 13.2. The van der Waals surface area contributed by atoms with Crippen LogP contribution in [-0.4, -0.2) is 20.4 Å². The van der Waals surface area contributed by atoms with E-state index in [1.165, 1.54) is 10.4 Å². The molecule has 6 heteroatoms.